The molecule has 11 nitrogen and oxygen atoms in total. The fourth-order valence-corrected chi connectivity index (χ4v) is 9.29. The van der Waals surface area contributed by atoms with Crippen LogP contribution in [0.2, 0.25) is 0 Å². The Balaban J connectivity index is 1.06. The van der Waals surface area contributed by atoms with Crippen molar-refractivity contribution in [1.29, 1.82) is 0 Å². The van der Waals surface area contributed by atoms with Crippen LogP contribution in [0.5, 0.6) is 0 Å². The van der Waals surface area contributed by atoms with Gasteiger partial charge in [-0.3, -0.25) is 9.69 Å². The van der Waals surface area contributed by atoms with E-state index in [1.807, 2.05) is 10.8 Å². The van der Waals surface area contributed by atoms with Crippen LogP contribution in [0.15, 0.2) is 22.9 Å². The number of ether oxygens (including phenoxy) is 1. The Morgan fingerprint density at radius 3 is 2.10 bits per heavy atom. The first-order valence-corrected chi connectivity index (χ1v) is 18.4. The number of carbonyl (C=O) groups is 3. The maximum atomic E-state index is 14.0. The first-order valence-electron chi connectivity index (χ1n) is 17.5. The third-order valence-electron chi connectivity index (χ3n) is 11.3. The van der Waals surface area contributed by atoms with Crippen molar-refractivity contribution >= 4 is 40.7 Å². The number of anilines is 2. The molecule has 0 aliphatic carbocycles. The predicted molar refractivity (Wildman–Crippen MR) is 179 cm³/mol. The van der Waals surface area contributed by atoms with E-state index >= 15 is 0 Å². The van der Waals surface area contributed by atoms with Crippen LogP contribution < -0.4 is 11.1 Å². The minimum Gasteiger partial charge on any atom is -0.436 e. The number of likely N-dealkylation sites (N-methyl/N-ethyl adjacent to an activating group) is 1. The monoisotopic (exact) mass is 757 g/mol. The van der Waals surface area contributed by atoms with Gasteiger partial charge in [0.2, 0.25) is 0 Å². The van der Waals surface area contributed by atoms with Gasteiger partial charge >= 0.3 is 24.5 Å². The van der Waals surface area contributed by atoms with Gasteiger partial charge in [-0.2, -0.15) is 26.3 Å². The van der Waals surface area contributed by atoms with Crippen LogP contribution in [-0.2, 0) is 34.8 Å². The van der Waals surface area contributed by atoms with Gasteiger partial charge in [-0.1, -0.05) is 0 Å². The molecule has 7 rings (SSSR count). The van der Waals surface area contributed by atoms with Gasteiger partial charge in [0.1, 0.15) is 0 Å². The lowest BCUT2D eigenvalue weighted by atomic mass is 9.97. The molecule has 3 atom stereocenters. The van der Waals surface area contributed by atoms with Crippen LogP contribution in [0.25, 0.3) is 0 Å². The van der Waals surface area contributed by atoms with E-state index in [0.29, 0.717) is 69.5 Å². The van der Waals surface area contributed by atoms with Crippen LogP contribution >= 0.6 is 11.3 Å². The molecule has 52 heavy (non-hydrogen) atoms. The highest BCUT2D eigenvalue weighted by Gasteiger charge is 2.46. The van der Waals surface area contributed by atoms with Gasteiger partial charge in [-0.15, -0.1) is 11.3 Å². The number of piperazine rings is 1. The summed E-state index contributed by atoms with van der Waals surface area (Å²) in [5.41, 5.74) is 1.80. The molecular weight excluding hydrogens is 716 g/mol. The molecule has 5 aliphatic heterocycles. The third kappa shape index (κ3) is 7.25. The lowest BCUT2D eigenvalue weighted by Crippen LogP contribution is -2.55. The lowest BCUT2D eigenvalue weighted by molar-refractivity contribution is -0.142. The summed E-state index contributed by atoms with van der Waals surface area (Å²) in [5, 5.41) is 6.68. The first kappa shape index (κ1) is 36.6. The Kier molecular flexibility index (Phi) is 9.78. The van der Waals surface area contributed by atoms with Crippen molar-refractivity contribution in [2.24, 2.45) is 0 Å². The number of nitrogen functional groups attached to an aromatic ring is 1. The van der Waals surface area contributed by atoms with Gasteiger partial charge in [0.05, 0.1) is 29.0 Å². The number of carbonyl (C=O) groups excluding carboxylic acids is 3. The topological polar surface area (TPSA) is 115 Å². The molecule has 3 N–H and O–H groups in total. The molecule has 4 fully saturated rings. The number of thiophene rings is 1. The Hall–Kier alpha value is -3.77. The number of hydrogen-bond donors (Lipinski definition) is 2. The van der Waals surface area contributed by atoms with E-state index in [4.69, 9.17) is 10.5 Å². The number of likely N-dealkylation sites (tertiary alicyclic amines) is 4. The third-order valence-corrected chi connectivity index (χ3v) is 12.1. The van der Waals surface area contributed by atoms with Crippen molar-refractivity contribution < 1.29 is 45.5 Å². The standard InChI is InChI=1S/C34H41F6N7O4S/c1-43-15-24-13-23(43)16-46(24)21-2-6-44(7-3-21)30(48)28(12-19-10-25(33(35,36)37)29(41)26(11-19)34(38,39)40)51-32(50)45-8-4-22(5-9-45)47-14-20-17-52-18-27(20)42-31(47)49/h10-11,17-18,21-24,28H,2-9,12-16,41H2,1H3,(H,42,49)/t23?,24?,28-/m1/s1. The number of hydrogen-bond acceptors (Lipinski definition) is 8. The van der Waals surface area contributed by atoms with E-state index in [1.165, 1.54) is 21.1 Å². The number of amides is 4. The minimum atomic E-state index is -5.21. The zero-order valence-corrected chi connectivity index (χ0v) is 29.3. The molecule has 0 spiro atoms. The molecule has 2 bridgehead atoms. The summed E-state index contributed by atoms with van der Waals surface area (Å²) in [4.78, 5) is 49.7. The second kappa shape index (κ2) is 13.9. The minimum absolute atomic E-state index is 0.168. The normalized spacial score (nSPS) is 24.3. The molecule has 0 saturated carbocycles. The molecule has 6 heterocycles. The summed E-state index contributed by atoms with van der Waals surface area (Å²) in [6.07, 6.45) is -10.5. The number of rotatable bonds is 6. The van der Waals surface area contributed by atoms with Crippen molar-refractivity contribution in [3.8, 4) is 0 Å². The van der Waals surface area contributed by atoms with E-state index in [9.17, 15) is 40.7 Å². The number of piperidine rings is 2. The van der Waals surface area contributed by atoms with Crippen molar-refractivity contribution in [3.63, 3.8) is 0 Å². The van der Waals surface area contributed by atoms with E-state index in [1.54, 1.807) is 4.90 Å². The van der Waals surface area contributed by atoms with Gasteiger partial charge in [-0.05, 0) is 62.2 Å². The molecule has 4 amide bonds. The van der Waals surface area contributed by atoms with Crippen molar-refractivity contribution in [1.82, 2.24) is 24.5 Å². The number of halogens is 6. The SMILES string of the molecule is CN1CC2CC1CN2C1CCN(C(=O)[C@@H](Cc2cc(C(F)(F)F)c(N)c(C(F)(F)F)c2)OC(=O)N2CCC(N3Cc4cscc4NC3=O)CC2)CC1. The highest BCUT2D eigenvalue weighted by molar-refractivity contribution is 7.08. The van der Waals surface area contributed by atoms with Gasteiger partial charge in [0.15, 0.2) is 6.10 Å². The summed E-state index contributed by atoms with van der Waals surface area (Å²) in [6.45, 7) is 3.28. The average molecular weight is 758 g/mol. The van der Waals surface area contributed by atoms with Crippen LogP contribution in [-0.4, -0.2) is 119 Å². The molecule has 2 aromatic rings. The molecule has 2 unspecified atom stereocenters. The second-order valence-corrected chi connectivity index (χ2v) is 15.2. The van der Waals surface area contributed by atoms with Gasteiger partial charge < -0.3 is 35.4 Å². The zero-order chi connectivity index (χ0) is 37.1. The summed E-state index contributed by atoms with van der Waals surface area (Å²) in [5.74, 6) is -0.681. The number of alkyl halides is 6. The van der Waals surface area contributed by atoms with E-state index < -0.39 is 59.3 Å². The Morgan fingerprint density at radius 2 is 1.52 bits per heavy atom. The number of nitrogens with two attached hydrogens (primary N) is 1. The predicted octanol–water partition coefficient (Wildman–Crippen LogP) is 5.31. The summed E-state index contributed by atoms with van der Waals surface area (Å²) in [7, 11) is 2.11. The first-order chi connectivity index (χ1) is 24.6. The molecule has 5 aliphatic rings. The maximum Gasteiger partial charge on any atom is 0.418 e. The quantitative estimate of drug-likeness (QED) is 0.304. The van der Waals surface area contributed by atoms with Crippen molar-refractivity contribution in [2.45, 2.75) is 87.7 Å². The molecule has 1 aromatic heterocycles. The fourth-order valence-electron chi connectivity index (χ4n) is 8.51. The highest BCUT2D eigenvalue weighted by Crippen LogP contribution is 2.42. The molecule has 18 heteroatoms. The molecule has 4 saturated heterocycles. The lowest BCUT2D eigenvalue weighted by Gasteiger charge is -2.42. The van der Waals surface area contributed by atoms with Crippen LogP contribution in [0.4, 0.5) is 47.3 Å². The molecule has 1 aromatic carbocycles. The van der Waals surface area contributed by atoms with Crippen LogP contribution in [0.1, 0.15) is 54.4 Å². The van der Waals surface area contributed by atoms with Crippen LogP contribution in [0.3, 0.4) is 0 Å². The van der Waals surface area contributed by atoms with Gasteiger partial charge in [-0.25, -0.2) is 9.59 Å². The number of benzene rings is 1. The van der Waals surface area contributed by atoms with Crippen LogP contribution in [0, 0.1) is 0 Å². The van der Waals surface area contributed by atoms with Crippen molar-refractivity contribution in [2.75, 3.05) is 57.4 Å². The highest BCUT2D eigenvalue weighted by atomic mass is 32.1. The van der Waals surface area contributed by atoms with Crippen molar-refractivity contribution in [3.05, 3.63) is 45.1 Å². The average Bonchev–Trinajstić information content (AvgIpc) is 3.83. The van der Waals surface area contributed by atoms with E-state index in [-0.39, 0.29) is 31.2 Å². The number of nitrogens with zero attached hydrogens (tertiary/aromatic N) is 5. The fraction of sp³-hybridized carbons (Fsp3) is 0.618. The molecule has 0 radical (unpaired) electrons. The second-order valence-electron chi connectivity index (χ2n) is 14.5. The summed E-state index contributed by atoms with van der Waals surface area (Å²) >= 11 is 1.48. The molecule has 284 valence electrons. The summed E-state index contributed by atoms with van der Waals surface area (Å²) in [6, 6.07) is 1.71. The Bertz CT molecular complexity index is 1650. The largest absolute Gasteiger partial charge is 0.436 e. The Labute approximate surface area is 300 Å². The summed E-state index contributed by atoms with van der Waals surface area (Å²) < 4.78 is 89.0. The number of nitrogens with one attached hydrogen (secondary N) is 1. The van der Waals surface area contributed by atoms with E-state index in [0.717, 1.165) is 30.8 Å². The zero-order valence-electron chi connectivity index (χ0n) is 28.5. The smallest absolute Gasteiger partial charge is 0.418 e. The number of urea groups is 1. The Morgan fingerprint density at radius 1 is 0.904 bits per heavy atom. The van der Waals surface area contributed by atoms with Gasteiger partial charge in [0, 0.05) is 80.8 Å². The number of fused-ring (bicyclic) bond motifs is 3. The maximum absolute atomic E-state index is 14.0. The van der Waals surface area contributed by atoms with Gasteiger partial charge in [0.25, 0.3) is 5.91 Å². The molecular formula is C34H41F6N7O4S. The van der Waals surface area contributed by atoms with E-state index in [2.05, 4.69) is 22.2 Å².